The summed E-state index contributed by atoms with van der Waals surface area (Å²) >= 11 is 7.91. The van der Waals surface area contributed by atoms with Crippen molar-refractivity contribution >= 4 is 23.4 Å². The third-order valence-corrected chi connectivity index (χ3v) is 4.54. The Kier molecular flexibility index (Phi) is 6.08. The van der Waals surface area contributed by atoms with Gasteiger partial charge in [-0.1, -0.05) is 18.5 Å². The lowest BCUT2D eigenvalue weighted by Crippen LogP contribution is -2.26. The number of hydrogen-bond donors (Lipinski definition) is 1. The van der Waals surface area contributed by atoms with E-state index in [-0.39, 0.29) is 11.9 Å². The Morgan fingerprint density at radius 2 is 2.10 bits per heavy atom. The number of thioether (sulfide) groups is 1. The zero-order chi connectivity index (χ0) is 15.2. The van der Waals surface area contributed by atoms with Gasteiger partial charge in [-0.3, -0.25) is 4.68 Å². The molecule has 0 amide bonds. The van der Waals surface area contributed by atoms with Gasteiger partial charge in [0.25, 0.3) is 0 Å². The van der Waals surface area contributed by atoms with Crippen molar-refractivity contribution in [3.8, 4) is 0 Å². The van der Waals surface area contributed by atoms with E-state index in [1.165, 1.54) is 12.1 Å². The summed E-state index contributed by atoms with van der Waals surface area (Å²) < 4.78 is 14.7. The Labute approximate surface area is 133 Å². The fourth-order valence-corrected chi connectivity index (χ4v) is 3.34. The van der Waals surface area contributed by atoms with Crippen LogP contribution in [0, 0.1) is 5.82 Å². The summed E-state index contributed by atoms with van der Waals surface area (Å²) in [5.41, 5.74) is 0.986. The predicted molar refractivity (Wildman–Crippen MR) is 86.4 cm³/mol. The highest BCUT2D eigenvalue weighted by Gasteiger charge is 2.18. The summed E-state index contributed by atoms with van der Waals surface area (Å²) in [5.74, 6) is 0.597. The zero-order valence-electron chi connectivity index (χ0n) is 12.1. The first kappa shape index (κ1) is 16.3. The van der Waals surface area contributed by atoms with E-state index in [0.717, 1.165) is 29.3 Å². The minimum absolute atomic E-state index is 0.111. The second-order valence-electron chi connectivity index (χ2n) is 4.77. The van der Waals surface area contributed by atoms with Crippen LogP contribution in [0.3, 0.4) is 0 Å². The molecule has 1 aromatic heterocycles. The topological polar surface area (TPSA) is 29.9 Å². The van der Waals surface area contributed by atoms with E-state index in [1.807, 2.05) is 7.05 Å². The number of hydrogen-bond acceptors (Lipinski definition) is 3. The van der Waals surface area contributed by atoms with E-state index < -0.39 is 0 Å². The molecule has 21 heavy (non-hydrogen) atoms. The quantitative estimate of drug-likeness (QED) is 0.778. The SMILES string of the molecule is CCCNC(CSc1ccc(F)cc1)c1c(Cl)cnn1C. The van der Waals surface area contributed by atoms with E-state index in [9.17, 15) is 4.39 Å². The van der Waals surface area contributed by atoms with Crippen LogP contribution in [0.15, 0.2) is 35.4 Å². The number of nitrogens with one attached hydrogen (secondary N) is 1. The molecule has 3 nitrogen and oxygen atoms in total. The summed E-state index contributed by atoms with van der Waals surface area (Å²) in [6.07, 6.45) is 2.72. The molecule has 2 rings (SSSR count). The minimum Gasteiger partial charge on any atom is -0.308 e. The van der Waals surface area contributed by atoms with Crippen LogP contribution in [0.4, 0.5) is 4.39 Å². The van der Waals surface area contributed by atoms with Gasteiger partial charge in [-0.05, 0) is 37.2 Å². The smallest absolute Gasteiger partial charge is 0.123 e. The fraction of sp³-hybridized carbons (Fsp3) is 0.400. The molecule has 0 saturated carbocycles. The summed E-state index contributed by atoms with van der Waals surface area (Å²) in [6, 6.07) is 6.66. The van der Waals surface area contributed by atoms with Crippen LogP contribution in [0.1, 0.15) is 25.1 Å². The molecule has 114 valence electrons. The number of benzene rings is 1. The Balaban J connectivity index is 2.08. The van der Waals surface area contributed by atoms with Crippen LogP contribution in [-0.4, -0.2) is 22.1 Å². The van der Waals surface area contributed by atoms with Crippen molar-refractivity contribution in [2.75, 3.05) is 12.3 Å². The van der Waals surface area contributed by atoms with Crippen molar-refractivity contribution in [3.05, 3.63) is 47.0 Å². The molecule has 0 fully saturated rings. The monoisotopic (exact) mass is 327 g/mol. The van der Waals surface area contributed by atoms with Gasteiger partial charge in [0, 0.05) is 17.7 Å². The van der Waals surface area contributed by atoms with E-state index in [0.29, 0.717) is 5.02 Å². The Bertz CT molecular complexity index is 551. The molecule has 1 N–H and O–H groups in total. The van der Waals surface area contributed by atoms with Crippen LogP contribution in [0.5, 0.6) is 0 Å². The van der Waals surface area contributed by atoms with E-state index >= 15 is 0 Å². The Hall–Kier alpha value is -1.04. The predicted octanol–water partition coefficient (Wildman–Crippen LogP) is 4.05. The molecule has 1 heterocycles. The third kappa shape index (κ3) is 4.46. The molecular formula is C15H19ClFN3S. The van der Waals surface area contributed by atoms with Gasteiger partial charge in [0.05, 0.1) is 23.0 Å². The summed E-state index contributed by atoms with van der Waals surface area (Å²) in [7, 11) is 1.89. The standard InChI is InChI=1S/C15H19ClFN3S/c1-3-8-18-14(15-13(16)9-19-20(15)2)10-21-12-6-4-11(17)5-7-12/h4-7,9,14,18H,3,8,10H2,1-2H3. The van der Waals surface area contributed by atoms with Crippen LogP contribution in [-0.2, 0) is 7.05 Å². The molecular weight excluding hydrogens is 309 g/mol. The maximum Gasteiger partial charge on any atom is 0.123 e. The van der Waals surface area contributed by atoms with Crippen molar-refractivity contribution < 1.29 is 4.39 Å². The first-order valence-electron chi connectivity index (χ1n) is 6.91. The molecule has 1 atom stereocenters. The van der Waals surface area contributed by atoms with E-state index in [4.69, 9.17) is 11.6 Å². The van der Waals surface area contributed by atoms with Gasteiger partial charge in [0.2, 0.25) is 0 Å². The molecule has 6 heteroatoms. The van der Waals surface area contributed by atoms with E-state index in [2.05, 4.69) is 17.3 Å². The van der Waals surface area contributed by atoms with Crippen LogP contribution in [0.2, 0.25) is 5.02 Å². The zero-order valence-corrected chi connectivity index (χ0v) is 13.7. The maximum absolute atomic E-state index is 12.9. The van der Waals surface area contributed by atoms with Gasteiger partial charge in [-0.2, -0.15) is 5.10 Å². The van der Waals surface area contributed by atoms with Gasteiger partial charge in [0.15, 0.2) is 0 Å². The molecule has 1 unspecified atom stereocenters. The Morgan fingerprint density at radius 3 is 2.67 bits per heavy atom. The Morgan fingerprint density at radius 1 is 1.38 bits per heavy atom. The van der Waals surface area contributed by atoms with Crippen molar-refractivity contribution in [2.24, 2.45) is 7.05 Å². The highest BCUT2D eigenvalue weighted by molar-refractivity contribution is 7.99. The number of aromatic nitrogens is 2. The molecule has 2 aromatic rings. The summed E-state index contributed by atoms with van der Waals surface area (Å²) in [6.45, 7) is 3.04. The molecule has 0 saturated heterocycles. The third-order valence-electron chi connectivity index (χ3n) is 3.14. The van der Waals surface area contributed by atoms with Crippen LogP contribution >= 0.6 is 23.4 Å². The van der Waals surface area contributed by atoms with E-state index in [1.54, 1.807) is 34.8 Å². The lowest BCUT2D eigenvalue weighted by atomic mass is 10.2. The maximum atomic E-state index is 12.9. The molecule has 0 spiro atoms. The fourth-order valence-electron chi connectivity index (χ4n) is 2.08. The largest absolute Gasteiger partial charge is 0.308 e. The lowest BCUT2D eigenvalue weighted by Gasteiger charge is -2.19. The average molecular weight is 328 g/mol. The number of nitrogens with zero attached hydrogens (tertiary/aromatic N) is 2. The first-order valence-corrected chi connectivity index (χ1v) is 8.27. The van der Waals surface area contributed by atoms with Crippen LogP contribution in [0.25, 0.3) is 0 Å². The minimum atomic E-state index is -0.213. The van der Waals surface area contributed by atoms with Crippen molar-refractivity contribution in [3.63, 3.8) is 0 Å². The van der Waals surface area contributed by atoms with Gasteiger partial charge in [-0.25, -0.2) is 4.39 Å². The second-order valence-corrected chi connectivity index (χ2v) is 6.27. The van der Waals surface area contributed by atoms with Crippen LogP contribution < -0.4 is 5.32 Å². The number of aryl methyl sites for hydroxylation is 1. The number of halogens is 2. The molecule has 1 aromatic carbocycles. The molecule has 0 aliphatic carbocycles. The highest BCUT2D eigenvalue weighted by atomic mass is 35.5. The second kappa shape index (κ2) is 7.82. The van der Waals surface area contributed by atoms with Crippen molar-refractivity contribution in [2.45, 2.75) is 24.3 Å². The van der Waals surface area contributed by atoms with Crippen molar-refractivity contribution in [1.29, 1.82) is 0 Å². The number of rotatable bonds is 7. The molecule has 0 radical (unpaired) electrons. The average Bonchev–Trinajstić information content (AvgIpc) is 2.81. The normalized spacial score (nSPS) is 12.6. The molecule has 0 aliphatic heterocycles. The van der Waals surface area contributed by atoms with Gasteiger partial charge in [0.1, 0.15) is 5.82 Å². The highest BCUT2D eigenvalue weighted by Crippen LogP contribution is 2.28. The molecule has 0 bridgehead atoms. The lowest BCUT2D eigenvalue weighted by molar-refractivity contribution is 0.535. The van der Waals surface area contributed by atoms with Gasteiger partial charge >= 0.3 is 0 Å². The van der Waals surface area contributed by atoms with Gasteiger partial charge < -0.3 is 5.32 Å². The molecule has 0 aliphatic rings. The van der Waals surface area contributed by atoms with Crippen molar-refractivity contribution in [1.82, 2.24) is 15.1 Å². The summed E-state index contributed by atoms with van der Waals surface area (Å²) in [5, 5.41) is 8.36. The summed E-state index contributed by atoms with van der Waals surface area (Å²) in [4.78, 5) is 1.04. The van der Waals surface area contributed by atoms with Gasteiger partial charge in [-0.15, -0.1) is 11.8 Å². The first-order chi connectivity index (χ1) is 10.1.